The first kappa shape index (κ1) is 35.5. The summed E-state index contributed by atoms with van der Waals surface area (Å²) >= 11 is 0. The highest BCUT2D eigenvalue weighted by molar-refractivity contribution is 6.12. The average Bonchev–Trinajstić information content (AvgIpc) is 3.90. The summed E-state index contributed by atoms with van der Waals surface area (Å²) in [6.07, 6.45) is 0. The fraction of sp³-hybridized carbons (Fsp3) is 0. The molecule has 0 aliphatic carbocycles. The van der Waals surface area contributed by atoms with Crippen molar-refractivity contribution in [1.82, 2.24) is 19.5 Å². The van der Waals surface area contributed by atoms with Gasteiger partial charge in [-0.15, -0.1) is 0 Å². The fourth-order valence-corrected chi connectivity index (χ4v) is 8.99. The molecule has 0 spiro atoms. The molecule has 0 N–H and O–H groups in total. The van der Waals surface area contributed by atoms with Crippen LogP contribution < -0.4 is 0 Å². The van der Waals surface area contributed by atoms with Gasteiger partial charge in [0.2, 0.25) is 0 Å². The van der Waals surface area contributed by atoms with Gasteiger partial charge in [-0.3, -0.25) is 0 Å². The van der Waals surface area contributed by atoms with Crippen molar-refractivity contribution in [2.75, 3.05) is 0 Å². The van der Waals surface area contributed by atoms with Crippen molar-refractivity contribution in [3.05, 3.63) is 218 Å². The van der Waals surface area contributed by atoms with Crippen LogP contribution in [0.5, 0.6) is 0 Å². The van der Waals surface area contributed by atoms with E-state index >= 15 is 0 Å². The van der Waals surface area contributed by atoms with Crippen LogP contribution in [0, 0.1) is 0 Å². The molecule has 0 aliphatic heterocycles. The molecule has 290 valence electrons. The van der Waals surface area contributed by atoms with E-state index in [1.807, 2.05) is 60.7 Å². The number of hydrogen-bond acceptors (Lipinski definition) is 4. The molecule has 0 bridgehead atoms. The Morgan fingerprint density at radius 1 is 0.306 bits per heavy atom. The van der Waals surface area contributed by atoms with Crippen LogP contribution in [0.1, 0.15) is 0 Å². The minimum atomic E-state index is 0.593. The smallest absolute Gasteiger partial charge is 0.164 e. The van der Waals surface area contributed by atoms with Crippen molar-refractivity contribution in [3.63, 3.8) is 0 Å². The van der Waals surface area contributed by atoms with Crippen LogP contribution in [0.25, 0.3) is 117 Å². The average molecular weight is 793 g/mol. The lowest BCUT2D eigenvalue weighted by molar-refractivity contribution is 0.669. The van der Waals surface area contributed by atoms with Crippen molar-refractivity contribution in [2.24, 2.45) is 0 Å². The van der Waals surface area contributed by atoms with E-state index in [1.165, 1.54) is 33.0 Å². The second-order valence-electron chi connectivity index (χ2n) is 15.6. The van der Waals surface area contributed by atoms with Gasteiger partial charge in [0.15, 0.2) is 17.5 Å². The number of benzene rings is 9. The summed E-state index contributed by atoms with van der Waals surface area (Å²) in [5.41, 5.74) is 14.7. The monoisotopic (exact) mass is 792 g/mol. The van der Waals surface area contributed by atoms with Gasteiger partial charge in [-0.2, -0.15) is 0 Å². The number of hydrogen-bond donors (Lipinski definition) is 0. The Balaban J connectivity index is 0.987. The molecule has 62 heavy (non-hydrogen) atoms. The normalized spacial score (nSPS) is 11.5. The van der Waals surface area contributed by atoms with Gasteiger partial charge in [0.1, 0.15) is 11.2 Å². The van der Waals surface area contributed by atoms with Gasteiger partial charge in [-0.25, -0.2) is 15.0 Å². The van der Waals surface area contributed by atoms with Crippen molar-refractivity contribution in [3.8, 4) is 73.2 Å². The van der Waals surface area contributed by atoms with E-state index in [9.17, 15) is 0 Å². The highest BCUT2D eigenvalue weighted by atomic mass is 16.3. The van der Waals surface area contributed by atoms with Crippen molar-refractivity contribution < 1.29 is 4.42 Å². The summed E-state index contributed by atoms with van der Waals surface area (Å²) in [6, 6.07) is 76.5. The topological polar surface area (TPSA) is 56.7 Å². The van der Waals surface area contributed by atoms with E-state index < -0.39 is 0 Å². The van der Waals surface area contributed by atoms with Crippen LogP contribution in [-0.2, 0) is 0 Å². The number of fused-ring (bicyclic) bond motifs is 6. The number of furan rings is 1. The van der Waals surface area contributed by atoms with E-state index in [0.29, 0.717) is 17.5 Å². The predicted molar refractivity (Wildman–Crippen MR) is 254 cm³/mol. The van der Waals surface area contributed by atoms with E-state index in [1.54, 1.807) is 0 Å². The number of nitrogens with zero attached hydrogens (tertiary/aromatic N) is 4. The van der Waals surface area contributed by atoms with Gasteiger partial charge in [0, 0.05) is 43.9 Å². The Hall–Kier alpha value is -8.41. The van der Waals surface area contributed by atoms with Crippen molar-refractivity contribution in [2.45, 2.75) is 0 Å². The van der Waals surface area contributed by atoms with Gasteiger partial charge in [0.05, 0.1) is 11.0 Å². The number of rotatable bonds is 7. The molecule has 5 heteroatoms. The molecular formula is C57H36N4O. The second-order valence-corrected chi connectivity index (χ2v) is 15.6. The van der Waals surface area contributed by atoms with Gasteiger partial charge in [-0.1, -0.05) is 176 Å². The summed E-state index contributed by atoms with van der Waals surface area (Å²) in [4.78, 5) is 15.4. The summed E-state index contributed by atoms with van der Waals surface area (Å²) < 4.78 is 8.67. The Bertz CT molecular complexity index is 3640. The van der Waals surface area contributed by atoms with Gasteiger partial charge >= 0.3 is 0 Å². The summed E-state index contributed by atoms with van der Waals surface area (Å²) in [6.45, 7) is 0. The number of para-hydroxylation sites is 2. The third-order valence-electron chi connectivity index (χ3n) is 11.9. The SMILES string of the molecule is c1ccc(-c2nc(-c3cccc(-c4cccc(-n5c6ccccc6c6ccc(-c7ccccc7-c7ccccc7)cc65)c4)c3)nc(-c3cccc4oc5ccccc5c34)n2)cc1. The molecule has 0 saturated carbocycles. The van der Waals surface area contributed by atoms with Crippen LogP contribution in [-0.4, -0.2) is 19.5 Å². The molecule has 0 saturated heterocycles. The first-order valence-corrected chi connectivity index (χ1v) is 20.8. The Morgan fingerprint density at radius 3 is 1.68 bits per heavy atom. The Morgan fingerprint density at radius 2 is 0.855 bits per heavy atom. The summed E-state index contributed by atoms with van der Waals surface area (Å²) in [5.74, 6) is 1.80. The first-order chi connectivity index (χ1) is 30.7. The van der Waals surface area contributed by atoms with E-state index in [0.717, 1.165) is 66.5 Å². The zero-order valence-electron chi connectivity index (χ0n) is 33.5. The van der Waals surface area contributed by atoms with Gasteiger partial charge in [0.25, 0.3) is 0 Å². The van der Waals surface area contributed by atoms with Crippen LogP contribution in [0.15, 0.2) is 223 Å². The van der Waals surface area contributed by atoms with E-state index in [2.05, 4.69) is 162 Å². The lowest BCUT2D eigenvalue weighted by Crippen LogP contribution is -2.00. The molecule has 3 aromatic heterocycles. The van der Waals surface area contributed by atoms with Crippen molar-refractivity contribution >= 4 is 43.7 Å². The largest absolute Gasteiger partial charge is 0.456 e. The zero-order chi connectivity index (χ0) is 41.0. The van der Waals surface area contributed by atoms with Gasteiger partial charge < -0.3 is 8.98 Å². The highest BCUT2D eigenvalue weighted by Gasteiger charge is 2.19. The molecule has 0 atom stereocenters. The maximum Gasteiger partial charge on any atom is 0.164 e. The third-order valence-corrected chi connectivity index (χ3v) is 11.9. The van der Waals surface area contributed by atoms with Gasteiger partial charge in [-0.05, 0) is 75.8 Å². The van der Waals surface area contributed by atoms with Crippen LogP contribution in [0.2, 0.25) is 0 Å². The van der Waals surface area contributed by atoms with E-state index in [-0.39, 0.29) is 0 Å². The molecule has 9 aromatic carbocycles. The Labute approximate surface area is 357 Å². The second kappa shape index (κ2) is 14.7. The molecule has 0 fully saturated rings. The fourth-order valence-electron chi connectivity index (χ4n) is 8.99. The molecule has 5 nitrogen and oxygen atoms in total. The maximum absolute atomic E-state index is 6.27. The molecule has 12 rings (SSSR count). The summed E-state index contributed by atoms with van der Waals surface area (Å²) in [7, 11) is 0. The lowest BCUT2D eigenvalue weighted by Gasteiger charge is -2.13. The number of aromatic nitrogens is 4. The third kappa shape index (κ3) is 6.06. The quantitative estimate of drug-likeness (QED) is 0.161. The van der Waals surface area contributed by atoms with Crippen molar-refractivity contribution in [1.29, 1.82) is 0 Å². The molecule has 12 aromatic rings. The molecule has 0 radical (unpaired) electrons. The standard InChI is InChI=1S/C57H36N4O/c1-3-16-37(17-4-1)44-24-7-8-25-45(44)41-32-33-47-46-26-9-11-29-50(46)61(51(47)36-41)43-23-14-21-40(35-43)39-20-13-22-42(34-39)56-58-55(38-18-5-2-6-19-38)59-57(60-56)49-28-15-31-53-54(49)48-27-10-12-30-52(48)62-53/h1-36H. The Kier molecular flexibility index (Phi) is 8.42. The molecular weight excluding hydrogens is 757 g/mol. The minimum Gasteiger partial charge on any atom is -0.456 e. The molecule has 0 amide bonds. The molecule has 0 unspecified atom stereocenters. The maximum atomic E-state index is 6.27. The molecule has 3 heterocycles. The van der Waals surface area contributed by atoms with Crippen LogP contribution in [0.3, 0.4) is 0 Å². The lowest BCUT2D eigenvalue weighted by atomic mass is 9.94. The minimum absolute atomic E-state index is 0.593. The highest BCUT2D eigenvalue weighted by Crippen LogP contribution is 2.40. The summed E-state index contributed by atoms with van der Waals surface area (Å²) in [5, 5.41) is 4.45. The van der Waals surface area contributed by atoms with Crippen LogP contribution in [0.4, 0.5) is 0 Å². The zero-order valence-corrected chi connectivity index (χ0v) is 33.5. The van der Waals surface area contributed by atoms with E-state index in [4.69, 9.17) is 19.4 Å². The molecule has 0 aliphatic rings. The first-order valence-electron chi connectivity index (χ1n) is 20.8. The van der Waals surface area contributed by atoms with Crippen LogP contribution >= 0.6 is 0 Å². The predicted octanol–water partition coefficient (Wildman–Crippen LogP) is 14.9.